The van der Waals surface area contributed by atoms with Gasteiger partial charge in [0.2, 0.25) is 0 Å². The van der Waals surface area contributed by atoms with E-state index in [-0.39, 0.29) is 5.41 Å². The minimum absolute atomic E-state index is 0.0984. The summed E-state index contributed by atoms with van der Waals surface area (Å²) in [4.78, 5) is 0. The van der Waals surface area contributed by atoms with E-state index in [1.807, 2.05) is 0 Å². The van der Waals surface area contributed by atoms with Gasteiger partial charge < -0.3 is 5.11 Å². The second-order valence-corrected chi connectivity index (χ2v) is 5.66. The van der Waals surface area contributed by atoms with Crippen molar-refractivity contribution in [3.05, 3.63) is 0 Å². The lowest BCUT2D eigenvalue weighted by atomic mass is 9.57. The first kappa shape index (κ1) is 10.5. The first-order valence-electron chi connectivity index (χ1n) is 6.04. The molecule has 14 heavy (non-hydrogen) atoms. The summed E-state index contributed by atoms with van der Waals surface area (Å²) in [5.74, 6) is 0.318. The molecular weight excluding hydrogens is 171 g/mol. The first-order valence-corrected chi connectivity index (χ1v) is 6.04. The van der Waals surface area contributed by atoms with Crippen molar-refractivity contribution in [1.82, 2.24) is 0 Å². The van der Waals surface area contributed by atoms with E-state index in [0.29, 0.717) is 5.82 Å². The van der Waals surface area contributed by atoms with Gasteiger partial charge in [0.25, 0.3) is 0 Å². The molecule has 1 nitrogen and oxygen atoms in total. The highest BCUT2D eigenvalue weighted by Gasteiger charge is 2.49. The average Bonchev–Trinajstić information content (AvgIpc) is 2.53. The van der Waals surface area contributed by atoms with Crippen LogP contribution in [0.3, 0.4) is 0 Å². The molecule has 0 aromatic heterocycles. The third-order valence-electron chi connectivity index (χ3n) is 4.57. The molecule has 0 bridgehead atoms. The predicted molar refractivity (Wildman–Crippen MR) is 59.5 cm³/mol. The number of hydrogen-bond donors (Lipinski definition) is 1. The Morgan fingerprint density at radius 3 is 2.36 bits per heavy atom. The molecule has 2 fully saturated rings. The highest BCUT2D eigenvalue weighted by Crippen LogP contribution is 2.53. The van der Waals surface area contributed by atoms with Crippen LogP contribution in [0, 0.1) is 5.41 Å². The summed E-state index contributed by atoms with van der Waals surface area (Å²) < 4.78 is 0. The molecule has 2 aliphatic carbocycles. The van der Waals surface area contributed by atoms with E-state index in [1.165, 1.54) is 19.3 Å². The zero-order valence-corrected chi connectivity index (χ0v) is 9.26. The summed E-state index contributed by atoms with van der Waals surface area (Å²) in [5, 5.41) is 10.6. The Morgan fingerprint density at radius 1 is 1.14 bits per heavy atom. The Bertz CT molecular complexity index is 210. The van der Waals surface area contributed by atoms with E-state index in [9.17, 15) is 5.11 Å². The van der Waals surface area contributed by atoms with E-state index in [1.54, 1.807) is 0 Å². The molecule has 0 aromatic carbocycles. The highest BCUT2D eigenvalue weighted by molar-refractivity contribution is 6.11. The second-order valence-electron chi connectivity index (χ2n) is 5.66. The van der Waals surface area contributed by atoms with Crippen LogP contribution in [0.25, 0.3) is 0 Å². The Labute approximate surface area is 88.7 Å². The van der Waals surface area contributed by atoms with Crippen LogP contribution in [0.15, 0.2) is 0 Å². The molecule has 2 atom stereocenters. The van der Waals surface area contributed by atoms with Gasteiger partial charge in [0.05, 0.1) is 13.4 Å². The van der Waals surface area contributed by atoms with Crippen molar-refractivity contribution in [3.8, 4) is 0 Å². The van der Waals surface area contributed by atoms with Gasteiger partial charge in [-0.05, 0) is 24.7 Å². The minimum Gasteiger partial charge on any atom is -0.389 e. The molecule has 0 saturated heterocycles. The standard InChI is InChI=1S/C12H21BO/c1-11(6-4-5-10(13)9-11)12(14)7-2-3-8-12/h10,14H,2-9H2,1H3. The van der Waals surface area contributed by atoms with Crippen molar-refractivity contribution in [3.63, 3.8) is 0 Å². The van der Waals surface area contributed by atoms with Crippen LogP contribution in [0.4, 0.5) is 0 Å². The molecule has 0 aromatic rings. The van der Waals surface area contributed by atoms with E-state index >= 15 is 0 Å². The summed E-state index contributed by atoms with van der Waals surface area (Å²) >= 11 is 0. The maximum absolute atomic E-state index is 10.6. The number of rotatable bonds is 1. The first-order chi connectivity index (χ1) is 6.56. The Hall–Kier alpha value is 0.0249. The Balaban J connectivity index is 2.13. The quantitative estimate of drug-likeness (QED) is 0.633. The molecule has 0 amide bonds. The van der Waals surface area contributed by atoms with Gasteiger partial charge in [-0.15, -0.1) is 0 Å². The zero-order valence-electron chi connectivity index (χ0n) is 9.26. The zero-order chi connectivity index (χ0) is 10.2. The lowest BCUT2D eigenvalue weighted by molar-refractivity contribution is -0.0886. The topological polar surface area (TPSA) is 20.2 Å². The van der Waals surface area contributed by atoms with Gasteiger partial charge in [-0.25, -0.2) is 0 Å². The number of hydrogen-bond acceptors (Lipinski definition) is 1. The summed E-state index contributed by atoms with van der Waals surface area (Å²) in [6.07, 6.45) is 8.90. The van der Waals surface area contributed by atoms with Crippen molar-refractivity contribution in [2.45, 2.75) is 69.7 Å². The summed E-state index contributed by atoms with van der Waals surface area (Å²) in [6, 6.07) is 0. The van der Waals surface area contributed by atoms with Crippen LogP contribution in [0.5, 0.6) is 0 Å². The molecule has 1 N–H and O–H groups in total. The number of aliphatic hydroxyl groups is 1. The molecule has 2 radical (unpaired) electrons. The fourth-order valence-electron chi connectivity index (χ4n) is 3.52. The SMILES string of the molecule is [B]C1CCCC(C)(C2(O)CCCC2)C1. The molecular formula is C12H21BO. The van der Waals surface area contributed by atoms with Crippen LogP contribution in [0.1, 0.15) is 58.3 Å². The van der Waals surface area contributed by atoms with Gasteiger partial charge in [0, 0.05) is 0 Å². The van der Waals surface area contributed by atoms with Crippen molar-refractivity contribution in [2.24, 2.45) is 5.41 Å². The molecule has 2 saturated carbocycles. The van der Waals surface area contributed by atoms with Crippen LogP contribution in [-0.4, -0.2) is 18.6 Å². The van der Waals surface area contributed by atoms with Gasteiger partial charge >= 0.3 is 0 Å². The lowest BCUT2D eigenvalue weighted by Gasteiger charge is -2.47. The van der Waals surface area contributed by atoms with Crippen molar-refractivity contribution in [2.75, 3.05) is 0 Å². The monoisotopic (exact) mass is 192 g/mol. The van der Waals surface area contributed by atoms with Gasteiger partial charge in [-0.1, -0.05) is 44.8 Å². The van der Waals surface area contributed by atoms with E-state index in [2.05, 4.69) is 6.92 Å². The molecule has 2 unspecified atom stereocenters. The van der Waals surface area contributed by atoms with E-state index in [0.717, 1.165) is 32.1 Å². The van der Waals surface area contributed by atoms with Gasteiger partial charge in [-0.3, -0.25) is 0 Å². The third-order valence-corrected chi connectivity index (χ3v) is 4.57. The minimum atomic E-state index is -0.398. The van der Waals surface area contributed by atoms with Crippen LogP contribution in [0.2, 0.25) is 5.82 Å². The smallest absolute Gasteiger partial charge is 0.0700 e. The molecule has 2 rings (SSSR count). The maximum atomic E-state index is 10.6. The lowest BCUT2D eigenvalue weighted by Crippen LogP contribution is -2.46. The molecule has 0 heterocycles. The summed E-state index contributed by atoms with van der Waals surface area (Å²) in [6.45, 7) is 2.25. The fraction of sp³-hybridized carbons (Fsp3) is 1.00. The fourth-order valence-corrected chi connectivity index (χ4v) is 3.52. The molecule has 0 spiro atoms. The average molecular weight is 192 g/mol. The van der Waals surface area contributed by atoms with Gasteiger partial charge in [-0.2, -0.15) is 0 Å². The van der Waals surface area contributed by atoms with E-state index < -0.39 is 5.60 Å². The van der Waals surface area contributed by atoms with Gasteiger partial charge in [0.15, 0.2) is 0 Å². The van der Waals surface area contributed by atoms with Crippen LogP contribution in [-0.2, 0) is 0 Å². The third kappa shape index (κ3) is 1.62. The molecule has 0 aliphatic heterocycles. The maximum Gasteiger partial charge on any atom is 0.0700 e. The molecule has 2 heteroatoms. The normalized spacial score (nSPS) is 42.6. The Morgan fingerprint density at radius 2 is 1.79 bits per heavy atom. The van der Waals surface area contributed by atoms with Crippen LogP contribution < -0.4 is 0 Å². The largest absolute Gasteiger partial charge is 0.389 e. The summed E-state index contributed by atoms with van der Waals surface area (Å²) in [5.41, 5.74) is -0.299. The van der Waals surface area contributed by atoms with Crippen LogP contribution >= 0.6 is 0 Å². The highest BCUT2D eigenvalue weighted by atomic mass is 16.3. The van der Waals surface area contributed by atoms with Crippen molar-refractivity contribution in [1.29, 1.82) is 0 Å². The Kier molecular flexibility index (Phi) is 2.67. The predicted octanol–water partition coefficient (Wildman–Crippen LogP) is 2.83. The van der Waals surface area contributed by atoms with Gasteiger partial charge in [0.1, 0.15) is 0 Å². The molecule has 2 aliphatic rings. The van der Waals surface area contributed by atoms with Crippen molar-refractivity contribution >= 4 is 7.85 Å². The molecule has 78 valence electrons. The van der Waals surface area contributed by atoms with E-state index in [4.69, 9.17) is 7.85 Å². The van der Waals surface area contributed by atoms with Crippen molar-refractivity contribution < 1.29 is 5.11 Å². The summed E-state index contributed by atoms with van der Waals surface area (Å²) in [7, 11) is 6.03. The second kappa shape index (κ2) is 3.55.